The summed E-state index contributed by atoms with van der Waals surface area (Å²) in [6, 6.07) is 6.28. The lowest BCUT2D eigenvalue weighted by Gasteiger charge is -2.17. The fourth-order valence-electron chi connectivity index (χ4n) is 2.76. The minimum atomic E-state index is 0.339. The quantitative estimate of drug-likeness (QED) is 0.929. The van der Waals surface area contributed by atoms with Gasteiger partial charge in [-0.15, -0.1) is 0 Å². The lowest BCUT2D eigenvalue weighted by Crippen LogP contribution is -2.05. The van der Waals surface area contributed by atoms with Crippen LogP contribution in [-0.4, -0.2) is 23.6 Å². The Morgan fingerprint density at radius 2 is 2.10 bits per heavy atom. The molecule has 0 atom stereocenters. The standard InChI is InChI=1S/C16H19N3O/c1-10(2)13-14(18-9-19-16(13)17-3)12-6-4-5-11-7-8-20-15(11)12/h4-6,9-10H,7-8H2,1-3H3,(H,17,18,19). The Bertz CT molecular complexity index is 638. The highest BCUT2D eigenvalue weighted by Gasteiger charge is 2.22. The average Bonchev–Trinajstić information content (AvgIpc) is 2.94. The van der Waals surface area contributed by atoms with Gasteiger partial charge in [-0.3, -0.25) is 0 Å². The predicted molar refractivity (Wildman–Crippen MR) is 80.3 cm³/mol. The Morgan fingerprint density at radius 1 is 1.25 bits per heavy atom. The number of fused-ring (bicyclic) bond motifs is 1. The highest BCUT2D eigenvalue weighted by Crippen LogP contribution is 2.40. The molecular formula is C16H19N3O. The van der Waals surface area contributed by atoms with Gasteiger partial charge < -0.3 is 10.1 Å². The van der Waals surface area contributed by atoms with E-state index in [0.717, 1.165) is 41.4 Å². The van der Waals surface area contributed by atoms with Gasteiger partial charge in [0.25, 0.3) is 0 Å². The zero-order chi connectivity index (χ0) is 14.1. The summed E-state index contributed by atoms with van der Waals surface area (Å²) in [5.41, 5.74) is 4.45. The van der Waals surface area contributed by atoms with Crippen LogP contribution in [0.3, 0.4) is 0 Å². The lowest BCUT2D eigenvalue weighted by atomic mass is 9.95. The Hall–Kier alpha value is -2.10. The van der Waals surface area contributed by atoms with Crippen molar-refractivity contribution < 1.29 is 4.74 Å². The van der Waals surface area contributed by atoms with Crippen molar-refractivity contribution in [3.05, 3.63) is 35.7 Å². The van der Waals surface area contributed by atoms with Crippen LogP contribution < -0.4 is 10.1 Å². The number of rotatable bonds is 3. The van der Waals surface area contributed by atoms with Crippen molar-refractivity contribution in [1.82, 2.24) is 9.97 Å². The number of hydrogen-bond donors (Lipinski definition) is 1. The van der Waals surface area contributed by atoms with E-state index in [9.17, 15) is 0 Å². The molecule has 1 aliphatic heterocycles. The van der Waals surface area contributed by atoms with E-state index in [-0.39, 0.29) is 0 Å². The van der Waals surface area contributed by atoms with Crippen molar-refractivity contribution >= 4 is 5.82 Å². The van der Waals surface area contributed by atoms with Crippen molar-refractivity contribution in [1.29, 1.82) is 0 Å². The summed E-state index contributed by atoms with van der Waals surface area (Å²) in [5.74, 6) is 2.21. The van der Waals surface area contributed by atoms with Crippen LogP contribution in [0.2, 0.25) is 0 Å². The van der Waals surface area contributed by atoms with Crippen LogP contribution in [0.4, 0.5) is 5.82 Å². The third-order valence-corrected chi connectivity index (χ3v) is 3.67. The molecule has 0 amide bonds. The molecule has 0 fully saturated rings. The van der Waals surface area contributed by atoms with Crippen molar-refractivity contribution in [2.24, 2.45) is 0 Å². The predicted octanol–water partition coefficient (Wildman–Crippen LogP) is 3.24. The summed E-state index contributed by atoms with van der Waals surface area (Å²) in [6.07, 6.45) is 2.59. The van der Waals surface area contributed by atoms with Crippen LogP contribution >= 0.6 is 0 Å². The molecule has 4 heteroatoms. The van der Waals surface area contributed by atoms with Gasteiger partial charge in [0.05, 0.1) is 12.3 Å². The van der Waals surface area contributed by atoms with Gasteiger partial charge in [0, 0.05) is 24.6 Å². The highest BCUT2D eigenvalue weighted by molar-refractivity contribution is 5.75. The number of para-hydroxylation sites is 1. The Balaban J connectivity index is 2.23. The molecule has 3 rings (SSSR count). The lowest BCUT2D eigenvalue weighted by molar-refractivity contribution is 0.358. The fraction of sp³-hybridized carbons (Fsp3) is 0.375. The maximum atomic E-state index is 5.81. The smallest absolute Gasteiger partial charge is 0.133 e. The van der Waals surface area contributed by atoms with E-state index in [0.29, 0.717) is 5.92 Å². The molecule has 0 bridgehead atoms. The van der Waals surface area contributed by atoms with E-state index in [1.807, 2.05) is 7.05 Å². The van der Waals surface area contributed by atoms with Crippen LogP contribution in [0.25, 0.3) is 11.3 Å². The monoisotopic (exact) mass is 269 g/mol. The fourth-order valence-corrected chi connectivity index (χ4v) is 2.76. The summed E-state index contributed by atoms with van der Waals surface area (Å²) >= 11 is 0. The number of nitrogens with zero attached hydrogens (tertiary/aromatic N) is 2. The van der Waals surface area contributed by atoms with E-state index < -0.39 is 0 Å². The van der Waals surface area contributed by atoms with Crippen LogP contribution in [-0.2, 0) is 6.42 Å². The first kappa shape index (κ1) is 12.9. The first-order chi connectivity index (χ1) is 9.72. The van der Waals surface area contributed by atoms with E-state index in [4.69, 9.17) is 4.74 Å². The van der Waals surface area contributed by atoms with Crippen LogP contribution in [0.1, 0.15) is 30.9 Å². The Kier molecular flexibility index (Phi) is 3.30. The SMILES string of the molecule is CNc1ncnc(-c2cccc3c2OCC3)c1C(C)C. The highest BCUT2D eigenvalue weighted by atomic mass is 16.5. The maximum Gasteiger partial charge on any atom is 0.133 e. The molecule has 0 unspecified atom stereocenters. The average molecular weight is 269 g/mol. The maximum absolute atomic E-state index is 5.81. The molecule has 0 saturated heterocycles. The third-order valence-electron chi connectivity index (χ3n) is 3.67. The first-order valence-corrected chi connectivity index (χ1v) is 7.00. The Morgan fingerprint density at radius 3 is 2.85 bits per heavy atom. The second-order valence-corrected chi connectivity index (χ2v) is 5.28. The molecule has 1 N–H and O–H groups in total. The molecule has 0 spiro atoms. The number of benzene rings is 1. The molecule has 1 aliphatic rings. The van der Waals surface area contributed by atoms with Crippen LogP contribution in [0.5, 0.6) is 5.75 Å². The number of nitrogens with one attached hydrogen (secondary N) is 1. The normalized spacial score (nSPS) is 13.2. The van der Waals surface area contributed by atoms with Gasteiger partial charge in [0.15, 0.2) is 0 Å². The van der Waals surface area contributed by atoms with Gasteiger partial charge in [-0.2, -0.15) is 0 Å². The second-order valence-electron chi connectivity index (χ2n) is 5.28. The summed E-state index contributed by atoms with van der Waals surface area (Å²) < 4.78 is 5.81. The Labute approximate surface area is 119 Å². The summed E-state index contributed by atoms with van der Waals surface area (Å²) in [4.78, 5) is 8.86. The molecule has 0 saturated carbocycles. The van der Waals surface area contributed by atoms with Gasteiger partial charge >= 0.3 is 0 Å². The van der Waals surface area contributed by atoms with Crippen LogP contribution in [0.15, 0.2) is 24.5 Å². The van der Waals surface area contributed by atoms with Crippen molar-refractivity contribution in [2.75, 3.05) is 19.0 Å². The van der Waals surface area contributed by atoms with E-state index in [1.54, 1.807) is 6.33 Å². The number of hydrogen-bond acceptors (Lipinski definition) is 4. The van der Waals surface area contributed by atoms with Crippen molar-refractivity contribution in [3.8, 4) is 17.0 Å². The van der Waals surface area contributed by atoms with Crippen molar-refractivity contribution in [3.63, 3.8) is 0 Å². The molecule has 1 aromatic carbocycles. The van der Waals surface area contributed by atoms with Crippen molar-refractivity contribution in [2.45, 2.75) is 26.2 Å². The summed E-state index contributed by atoms with van der Waals surface area (Å²) in [7, 11) is 1.89. The zero-order valence-electron chi connectivity index (χ0n) is 12.1. The summed E-state index contributed by atoms with van der Waals surface area (Å²) in [6.45, 7) is 5.08. The zero-order valence-corrected chi connectivity index (χ0v) is 12.1. The molecule has 2 aromatic rings. The van der Waals surface area contributed by atoms with Gasteiger partial charge in [0.1, 0.15) is 17.9 Å². The minimum Gasteiger partial charge on any atom is -0.492 e. The molecule has 104 valence electrons. The number of aromatic nitrogens is 2. The first-order valence-electron chi connectivity index (χ1n) is 7.00. The van der Waals surface area contributed by atoms with Gasteiger partial charge in [0.2, 0.25) is 0 Å². The molecule has 0 aliphatic carbocycles. The van der Waals surface area contributed by atoms with Gasteiger partial charge in [-0.05, 0) is 17.5 Å². The largest absolute Gasteiger partial charge is 0.492 e. The van der Waals surface area contributed by atoms with Gasteiger partial charge in [-0.25, -0.2) is 9.97 Å². The number of anilines is 1. The molecule has 2 heterocycles. The molecule has 20 heavy (non-hydrogen) atoms. The van der Waals surface area contributed by atoms with Gasteiger partial charge in [-0.1, -0.05) is 26.0 Å². The van der Waals surface area contributed by atoms with E-state index >= 15 is 0 Å². The molecule has 1 aromatic heterocycles. The summed E-state index contributed by atoms with van der Waals surface area (Å²) in [5, 5.41) is 3.16. The third kappa shape index (κ3) is 2.01. The van der Waals surface area contributed by atoms with E-state index in [2.05, 4.69) is 47.3 Å². The molecule has 4 nitrogen and oxygen atoms in total. The molecular weight excluding hydrogens is 250 g/mol. The minimum absolute atomic E-state index is 0.339. The number of ether oxygens (including phenoxy) is 1. The van der Waals surface area contributed by atoms with E-state index in [1.165, 1.54) is 5.56 Å². The van der Waals surface area contributed by atoms with Crippen LogP contribution in [0, 0.1) is 0 Å². The molecule has 0 radical (unpaired) electrons. The second kappa shape index (κ2) is 5.12. The topological polar surface area (TPSA) is 47.0 Å².